The molecule has 1 aliphatic rings. The molecular formula is C19H23N5O. The van der Waals surface area contributed by atoms with Gasteiger partial charge in [-0.05, 0) is 12.0 Å². The van der Waals surface area contributed by atoms with E-state index in [0.717, 1.165) is 44.0 Å². The van der Waals surface area contributed by atoms with Crippen molar-refractivity contribution in [3.8, 4) is 0 Å². The van der Waals surface area contributed by atoms with Crippen LogP contribution in [0.5, 0.6) is 0 Å². The summed E-state index contributed by atoms with van der Waals surface area (Å²) in [6.45, 7) is 6.70. The fourth-order valence-electron chi connectivity index (χ4n) is 3.21. The van der Waals surface area contributed by atoms with Gasteiger partial charge in [-0.1, -0.05) is 49.3 Å². The molecule has 1 aliphatic heterocycles. The third kappa shape index (κ3) is 3.29. The number of rotatable bonds is 5. The molecule has 0 saturated carbocycles. The van der Waals surface area contributed by atoms with Crippen LogP contribution < -0.4 is 4.90 Å². The molecule has 3 heterocycles. The number of hydrogen-bond acceptors (Lipinski definition) is 5. The second kappa shape index (κ2) is 6.70. The molecule has 25 heavy (non-hydrogen) atoms. The maximum Gasteiger partial charge on any atom is 0.324 e. The first-order valence-corrected chi connectivity index (χ1v) is 8.86. The summed E-state index contributed by atoms with van der Waals surface area (Å²) in [5, 5.41) is 4.06. The van der Waals surface area contributed by atoms with Crippen LogP contribution in [-0.2, 0) is 25.9 Å². The van der Waals surface area contributed by atoms with E-state index in [2.05, 4.69) is 68.8 Å². The molecule has 0 spiro atoms. The molecule has 0 bridgehead atoms. The van der Waals surface area contributed by atoms with Gasteiger partial charge in [0.2, 0.25) is 0 Å². The van der Waals surface area contributed by atoms with Crippen LogP contribution in [0, 0.1) is 0 Å². The van der Waals surface area contributed by atoms with E-state index in [1.807, 2.05) is 6.33 Å². The second-order valence-corrected chi connectivity index (χ2v) is 6.83. The first-order valence-electron chi connectivity index (χ1n) is 8.86. The highest BCUT2D eigenvalue weighted by Gasteiger charge is 2.24. The summed E-state index contributed by atoms with van der Waals surface area (Å²) < 4.78 is 7.71. The topological polar surface area (TPSA) is 60.0 Å². The Bertz CT molecular complexity index is 837. The Morgan fingerprint density at radius 1 is 1.20 bits per heavy atom. The Labute approximate surface area is 147 Å². The predicted octanol–water partition coefficient (Wildman–Crippen LogP) is 3.19. The number of benzene rings is 1. The van der Waals surface area contributed by atoms with Crippen molar-refractivity contribution >= 4 is 6.01 Å². The number of nitrogens with zero attached hydrogens (tertiary/aromatic N) is 5. The Morgan fingerprint density at radius 2 is 2.04 bits per heavy atom. The first kappa shape index (κ1) is 15.9. The lowest BCUT2D eigenvalue weighted by molar-refractivity contribution is 0.399. The molecule has 0 aliphatic carbocycles. The summed E-state index contributed by atoms with van der Waals surface area (Å²) in [5.74, 6) is 1.03. The van der Waals surface area contributed by atoms with Gasteiger partial charge >= 0.3 is 6.01 Å². The van der Waals surface area contributed by atoms with Crippen molar-refractivity contribution in [2.45, 2.75) is 45.7 Å². The lowest BCUT2D eigenvalue weighted by Crippen LogP contribution is -2.31. The molecule has 0 N–H and O–H groups in total. The van der Waals surface area contributed by atoms with Crippen molar-refractivity contribution in [2.24, 2.45) is 0 Å². The molecule has 6 heteroatoms. The lowest BCUT2D eigenvalue weighted by atomic mass is 10.1. The minimum Gasteiger partial charge on any atom is -0.334 e. The minimum absolute atomic E-state index is 0.273. The fraction of sp³-hybridized carbons (Fsp3) is 0.421. The summed E-state index contributed by atoms with van der Waals surface area (Å²) in [7, 11) is 0. The van der Waals surface area contributed by atoms with Gasteiger partial charge in [-0.2, -0.15) is 4.98 Å². The molecule has 0 fully saturated rings. The highest BCUT2D eigenvalue weighted by Crippen LogP contribution is 2.24. The van der Waals surface area contributed by atoms with Crippen molar-refractivity contribution in [3.63, 3.8) is 0 Å². The SMILES string of the molecule is CC(C)c1noc(N2CCc3c(ncn3CCc3ccccc3)C2)n1. The quantitative estimate of drug-likeness (QED) is 0.715. The van der Waals surface area contributed by atoms with Crippen molar-refractivity contribution in [1.29, 1.82) is 0 Å². The van der Waals surface area contributed by atoms with Gasteiger partial charge in [0.05, 0.1) is 18.6 Å². The average molecular weight is 337 g/mol. The van der Waals surface area contributed by atoms with E-state index < -0.39 is 0 Å². The monoisotopic (exact) mass is 337 g/mol. The van der Waals surface area contributed by atoms with Crippen molar-refractivity contribution in [2.75, 3.05) is 11.4 Å². The molecule has 3 aromatic rings. The van der Waals surface area contributed by atoms with Crippen LogP contribution in [-0.4, -0.2) is 26.2 Å². The Balaban J connectivity index is 1.45. The maximum absolute atomic E-state index is 5.42. The van der Waals surface area contributed by atoms with Gasteiger partial charge in [-0.15, -0.1) is 0 Å². The number of fused-ring (bicyclic) bond motifs is 1. The smallest absolute Gasteiger partial charge is 0.324 e. The Hall–Kier alpha value is -2.63. The second-order valence-electron chi connectivity index (χ2n) is 6.83. The highest BCUT2D eigenvalue weighted by atomic mass is 16.5. The van der Waals surface area contributed by atoms with Gasteiger partial charge in [0.25, 0.3) is 0 Å². The lowest BCUT2D eigenvalue weighted by Gasteiger charge is -2.25. The summed E-state index contributed by atoms with van der Waals surface area (Å²) in [6, 6.07) is 11.2. The van der Waals surface area contributed by atoms with Gasteiger partial charge in [-0.25, -0.2) is 4.98 Å². The molecule has 0 unspecified atom stereocenters. The van der Waals surface area contributed by atoms with Crippen LogP contribution in [0.4, 0.5) is 6.01 Å². The van der Waals surface area contributed by atoms with E-state index in [4.69, 9.17) is 4.52 Å². The van der Waals surface area contributed by atoms with E-state index in [1.165, 1.54) is 11.3 Å². The van der Waals surface area contributed by atoms with Crippen LogP contribution in [0.3, 0.4) is 0 Å². The summed E-state index contributed by atoms with van der Waals surface area (Å²) in [4.78, 5) is 11.2. The standard InChI is InChI=1S/C19H23N5O/c1-14(2)18-21-19(25-22-18)23-11-9-17-16(12-23)20-13-24(17)10-8-15-6-4-3-5-7-15/h3-7,13-14H,8-12H2,1-2H3. The normalized spacial score (nSPS) is 14.1. The number of imidazole rings is 1. The van der Waals surface area contributed by atoms with Gasteiger partial charge < -0.3 is 14.0 Å². The van der Waals surface area contributed by atoms with Crippen molar-refractivity contribution in [1.82, 2.24) is 19.7 Å². The molecule has 4 rings (SSSR count). The predicted molar refractivity (Wildman–Crippen MR) is 95.5 cm³/mol. The van der Waals surface area contributed by atoms with Crippen molar-refractivity contribution < 1.29 is 4.52 Å². The van der Waals surface area contributed by atoms with Crippen LogP contribution in [0.25, 0.3) is 0 Å². The van der Waals surface area contributed by atoms with Gasteiger partial charge in [0.15, 0.2) is 5.82 Å². The first-order chi connectivity index (χ1) is 12.2. The van der Waals surface area contributed by atoms with Gasteiger partial charge in [0.1, 0.15) is 0 Å². The third-order valence-corrected chi connectivity index (χ3v) is 4.69. The number of anilines is 1. The summed E-state index contributed by atoms with van der Waals surface area (Å²) in [5.41, 5.74) is 3.80. The molecular weight excluding hydrogens is 314 g/mol. The fourth-order valence-corrected chi connectivity index (χ4v) is 3.21. The largest absolute Gasteiger partial charge is 0.334 e. The summed E-state index contributed by atoms with van der Waals surface area (Å²) >= 11 is 0. The number of aryl methyl sites for hydroxylation is 2. The van der Waals surface area contributed by atoms with E-state index in [-0.39, 0.29) is 5.92 Å². The zero-order valence-electron chi connectivity index (χ0n) is 14.7. The van der Waals surface area contributed by atoms with Crippen LogP contribution >= 0.6 is 0 Å². The third-order valence-electron chi connectivity index (χ3n) is 4.69. The number of aromatic nitrogens is 4. The van der Waals surface area contributed by atoms with Crippen LogP contribution in [0.2, 0.25) is 0 Å². The zero-order valence-corrected chi connectivity index (χ0v) is 14.7. The van der Waals surface area contributed by atoms with Gasteiger partial charge in [-0.3, -0.25) is 0 Å². The van der Waals surface area contributed by atoms with E-state index in [1.54, 1.807) is 0 Å². The van der Waals surface area contributed by atoms with Gasteiger partial charge in [0, 0.05) is 31.1 Å². The molecule has 0 radical (unpaired) electrons. The molecule has 130 valence electrons. The van der Waals surface area contributed by atoms with E-state index >= 15 is 0 Å². The molecule has 1 aromatic carbocycles. The average Bonchev–Trinajstić information content (AvgIpc) is 3.28. The van der Waals surface area contributed by atoms with Crippen molar-refractivity contribution in [3.05, 3.63) is 59.4 Å². The zero-order chi connectivity index (χ0) is 17.2. The Kier molecular flexibility index (Phi) is 4.26. The molecule has 2 aromatic heterocycles. The van der Waals surface area contributed by atoms with E-state index in [0.29, 0.717) is 6.01 Å². The summed E-state index contributed by atoms with van der Waals surface area (Å²) in [6.07, 6.45) is 3.93. The molecule has 0 atom stereocenters. The van der Waals surface area contributed by atoms with E-state index in [9.17, 15) is 0 Å². The van der Waals surface area contributed by atoms with Crippen LogP contribution in [0.1, 0.15) is 42.5 Å². The molecule has 0 saturated heterocycles. The number of hydrogen-bond donors (Lipinski definition) is 0. The molecule has 6 nitrogen and oxygen atoms in total. The molecule has 0 amide bonds. The Morgan fingerprint density at radius 3 is 2.80 bits per heavy atom. The maximum atomic E-state index is 5.42. The minimum atomic E-state index is 0.273. The highest BCUT2D eigenvalue weighted by molar-refractivity contribution is 5.33. The van der Waals surface area contributed by atoms with Crippen LogP contribution in [0.15, 0.2) is 41.2 Å².